The predicted molar refractivity (Wildman–Crippen MR) is 170 cm³/mol. The monoisotopic (exact) mass is 617 g/mol. The lowest BCUT2D eigenvalue weighted by Crippen LogP contribution is -2.45. The molecule has 0 fully saturated rings. The second kappa shape index (κ2) is 13.4. The maximum atomic E-state index is 14.1. The van der Waals surface area contributed by atoms with Gasteiger partial charge in [-0.1, -0.05) is 49.7 Å². The minimum Gasteiger partial charge on any atom is -0.464 e. The molecule has 0 spiro atoms. The molecule has 5 rings (SSSR count). The quantitative estimate of drug-likeness (QED) is 0.208. The molecule has 1 aliphatic rings. The first kappa shape index (κ1) is 30.9. The Labute approximate surface area is 261 Å². The van der Waals surface area contributed by atoms with Crippen molar-refractivity contribution in [1.29, 1.82) is 0 Å². The van der Waals surface area contributed by atoms with Crippen LogP contribution < -0.4 is 20.2 Å². The second-order valence-electron chi connectivity index (χ2n) is 11.5. The number of carbonyl (C=O) groups is 2. The van der Waals surface area contributed by atoms with Crippen molar-refractivity contribution in [2.75, 3.05) is 25.2 Å². The Bertz CT molecular complexity index is 1730. The van der Waals surface area contributed by atoms with Crippen LogP contribution in [-0.2, 0) is 17.9 Å². The summed E-state index contributed by atoms with van der Waals surface area (Å²) in [5, 5.41) is 3.76. The Balaban J connectivity index is 1.44. The molecular weight excluding hydrogens is 582 g/mol. The lowest BCUT2D eigenvalue weighted by atomic mass is 10.1. The molecule has 3 amide bonds. The van der Waals surface area contributed by atoms with Crippen molar-refractivity contribution in [2.45, 2.75) is 47.2 Å². The average molecular weight is 618 g/mol. The van der Waals surface area contributed by atoms with Crippen molar-refractivity contribution in [1.82, 2.24) is 9.80 Å². The number of nitrogens with zero attached hydrogens (tertiary/aromatic N) is 2. The number of hydrogen-bond acceptors (Lipinski definition) is 6. The summed E-state index contributed by atoms with van der Waals surface area (Å²) in [6.45, 7) is 8.47. The minimum atomic E-state index is -0.362. The van der Waals surface area contributed by atoms with Gasteiger partial charge in [0.1, 0.15) is 12.1 Å². The molecule has 0 bridgehead atoms. The van der Waals surface area contributed by atoms with Gasteiger partial charge in [-0.2, -0.15) is 0 Å². The first-order valence-electron chi connectivity index (χ1n) is 14.6. The number of rotatable bonds is 10. The highest BCUT2D eigenvalue weighted by Gasteiger charge is 2.25. The standard InChI is InChI=1S/C34H36ClN3O6/c1-21(2)12-13-37(34(41)36-32-22(3)6-5-7-23(32)4)18-31(39)38(16-24-8-10-29-30(14-24)44-20-43-29)17-25-19-42-28-11-9-26(35)15-27(28)33(25)40/h5-11,14-15,19,21H,12-13,16-18,20H2,1-4H3,(H,36,41). The molecule has 1 aliphatic heterocycles. The number of halogens is 1. The SMILES string of the molecule is Cc1cccc(C)c1NC(=O)N(CCC(C)C)CC(=O)N(Cc1ccc2c(c1)OCO2)Cc1coc2ccc(Cl)cc2c1=O. The summed E-state index contributed by atoms with van der Waals surface area (Å²) in [4.78, 5) is 44.2. The third kappa shape index (κ3) is 7.17. The number of aryl methyl sites for hydroxylation is 2. The van der Waals surface area contributed by atoms with E-state index in [0.717, 1.165) is 22.4 Å². The van der Waals surface area contributed by atoms with Crippen molar-refractivity contribution >= 4 is 40.2 Å². The fourth-order valence-corrected chi connectivity index (χ4v) is 5.25. The Morgan fingerprint density at radius 2 is 1.70 bits per heavy atom. The van der Waals surface area contributed by atoms with Gasteiger partial charge < -0.3 is 29.0 Å². The molecule has 0 atom stereocenters. The number of benzene rings is 3. The number of para-hydroxylation sites is 1. The van der Waals surface area contributed by atoms with Gasteiger partial charge in [-0.25, -0.2) is 4.79 Å². The molecule has 1 aromatic heterocycles. The third-order valence-corrected chi connectivity index (χ3v) is 7.87. The normalized spacial score (nSPS) is 12.0. The molecule has 2 heterocycles. The molecule has 9 nitrogen and oxygen atoms in total. The zero-order valence-corrected chi connectivity index (χ0v) is 26.1. The van der Waals surface area contributed by atoms with E-state index >= 15 is 0 Å². The number of hydrogen-bond donors (Lipinski definition) is 1. The van der Waals surface area contributed by atoms with Crippen molar-refractivity contribution in [3.63, 3.8) is 0 Å². The van der Waals surface area contributed by atoms with Crippen LogP contribution in [0.5, 0.6) is 11.5 Å². The van der Waals surface area contributed by atoms with E-state index in [-0.39, 0.29) is 43.8 Å². The summed E-state index contributed by atoms with van der Waals surface area (Å²) < 4.78 is 16.7. The van der Waals surface area contributed by atoms with E-state index in [1.165, 1.54) is 11.2 Å². The van der Waals surface area contributed by atoms with Gasteiger partial charge in [0.15, 0.2) is 16.9 Å². The molecule has 10 heteroatoms. The van der Waals surface area contributed by atoms with E-state index < -0.39 is 0 Å². The average Bonchev–Trinajstić information content (AvgIpc) is 3.46. The van der Waals surface area contributed by atoms with Gasteiger partial charge in [-0.05, 0) is 73.2 Å². The first-order chi connectivity index (χ1) is 21.1. The zero-order valence-electron chi connectivity index (χ0n) is 25.3. The van der Waals surface area contributed by atoms with Gasteiger partial charge >= 0.3 is 6.03 Å². The summed E-state index contributed by atoms with van der Waals surface area (Å²) in [6, 6.07) is 15.7. The van der Waals surface area contributed by atoms with Crippen LogP contribution in [0.25, 0.3) is 11.0 Å². The van der Waals surface area contributed by atoms with Crippen LogP contribution in [0.15, 0.2) is 70.1 Å². The van der Waals surface area contributed by atoms with Crippen LogP contribution in [0.2, 0.25) is 5.02 Å². The van der Waals surface area contributed by atoms with Gasteiger partial charge in [0.05, 0.1) is 23.8 Å². The van der Waals surface area contributed by atoms with Crippen LogP contribution in [0, 0.1) is 19.8 Å². The molecule has 1 N–H and O–H groups in total. The van der Waals surface area contributed by atoms with E-state index in [0.29, 0.717) is 51.9 Å². The highest BCUT2D eigenvalue weighted by Crippen LogP contribution is 2.33. The Kier molecular flexibility index (Phi) is 9.44. The molecule has 44 heavy (non-hydrogen) atoms. The molecule has 230 valence electrons. The number of anilines is 1. The molecular formula is C34H36ClN3O6. The molecule has 3 aromatic carbocycles. The lowest BCUT2D eigenvalue weighted by molar-refractivity contribution is -0.133. The highest BCUT2D eigenvalue weighted by molar-refractivity contribution is 6.31. The van der Waals surface area contributed by atoms with Crippen molar-refractivity contribution in [3.05, 3.63) is 98.4 Å². The van der Waals surface area contributed by atoms with Gasteiger partial charge in [-0.15, -0.1) is 0 Å². The van der Waals surface area contributed by atoms with Crippen molar-refractivity contribution in [2.24, 2.45) is 5.92 Å². The van der Waals surface area contributed by atoms with E-state index in [4.69, 9.17) is 25.5 Å². The largest absolute Gasteiger partial charge is 0.464 e. The van der Waals surface area contributed by atoms with E-state index in [1.54, 1.807) is 29.2 Å². The number of urea groups is 1. The Morgan fingerprint density at radius 1 is 0.955 bits per heavy atom. The van der Waals surface area contributed by atoms with Crippen molar-refractivity contribution < 1.29 is 23.5 Å². The summed E-state index contributed by atoms with van der Waals surface area (Å²) in [5.41, 5.74) is 3.79. The molecule has 0 aliphatic carbocycles. The summed E-state index contributed by atoms with van der Waals surface area (Å²) >= 11 is 6.16. The van der Waals surface area contributed by atoms with Crippen LogP contribution >= 0.6 is 11.6 Å². The molecule has 4 aromatic rings. The van der Waals surface area contributed by atoms with Gasteiger partial charge in [0, 0.05) is 23.8 Å². The second-order valence-corrected chi connectivity index (χ2v) is 11.9. The van der Waals surface area contributed by atoms with Gasteiger partial charge in [0.2, 0.25) is 12.7 Å². The Morgan fingerprint density at radius 3 is 2.45 bits per heavy atom. The van der Waals surface area contributed by atoms with Gasteiger partial charge in [0.25, 0.3) is 0 Å². The lowest BCUT2D eigenvalue weighted by Gasteiger charge is -2.29. The molecule has 0 radical (unpaired) electrons. The van der Waals surface area contributed by atoms with Crippen LogP contribution in [-0.4, -0.2) is 41.6 Å². The van der Waals surface area contributed by atoms with Gasteiger partial charge in [-0.3, -0.25) is 9.59 Å². The van der Waals surface area contributed by atoms with Crippen LogP contribution in [0.3, 0.4) is 0 Å². The summed E-state index contributed by atoms with van der Waals surface area (Å²) in [5.74, 6) is 1.20. The van der Waals surface area contributed by atoms with Crippen LogP contribution in [0.1, 0.15) is 42.5 Å². The third-order valence-electron chi connectivity index (χ3n) is 7.63. The first-order valence-corrected chi connectivity index (χ1v) is 14.9. The maximum absolute atomic E-state index is 14.1. The number of amides is 3. The smallest absolute Gasteiger partial charge is 0.322 e. The van der Waals surface area contributed by atoms with E-state index in [1.807, 2.05) is 44.2 Å². The summed E-state index contributed by atoms with van der Waals surface area (Å²) in [6.07, 6.45) is 2.09. The molecule has 0 saturated heterocycles. The highest BCUT2D eigenvalue weighted by atomic mass is 35.5. The molecule has 0 saturated carbocycles. The minimum absolute atomic E-state index is 0.0331. The fourth-order valence-electron chi connectivity index (χ4n) is 5.08. The van der Waals surface area contributed by atoms with E-state index in [2.05, 4.69) is 19.2 Å². The summed E-state index contributed by atoms with van der Waals surface area (Å²) in [7, 11) is 0. The number of nitrogens with one attached hydrogen (secondary N) is 1. The fraction of sp³-hybridized carbons (Fsp3) is 0.324. The number of carbonyl (C=O) groups excluding carboxylic acids is 2. The molecule has 0 unspecified atom stereocenters. The zero-order chi connectivity index (χ0) is 31.4. The predicted octanol–water partition coefficient (Wildman–Crippen LogP) is 6.90. The topological polar surface area (TPSA) is 101 Å². The van der Waals surface area contributed by atoms with Crippen molar-refractivity contribution in [3.8, 4) is 11.5 Å². The maximum Gasteiger partial charge on any atom is 0.322 e. The Hall–Kier alpha value is -4.50. The number of ether oxygens (including phenoxy) is 2. The van der Waals surface area contributed by atoms with E-state index in [9.17, 15) is 14.4 Å². The number of fused-ring (bicyclic) bond motifs is 2. The van der Waals surface area contributed by atoms with Crippen LogP contribution in [0.4, 0.5) is 10.5 Å².